The van der Waals surface area contributed by atoms with Crippen molar-refractivity contribution in [3.8, 4) is 11.1 Å². The Bertz CT molecular complexity index is 844. The molecule has 4 heteroatoms. The van der Waals surface area contributed by atoms with Crippen LogP contribution in [0.4, 0.5) is 0 Å². The summed E-state index contributed by atoms with van der Waals surface area (Å²) in [6.07, 6.45) is 5.50. The van der Waals surface area contributed by atoms with E-state index in [1.165, 1.54) is 0 Å². The van der Waals surface area contributed by atoms with E-state index in [1.54, 1.807) is 12.4 Å². The van der Waals surface area contributed by atoms with Gasteiger partial charge in [0.1, 0.15) is 0 Å². The van der Waals surface area contributed by atoms with Crippen LogP contribution in [0.15, 0.2) is 59.5 Å². The van der Waals surface area contributed by atoms with Gasteiger partial charge in [-0.1, -0.05) is 17.3 Å². The summed E-state index contributed by atoms with van der Waals surface area (Å²) in [6.45, 7) is 0. The number of pyridine rings is 1. The lowest BCUT2D eigenvalue weighted by Crippen LogP contribution is -1.86. The summed E-state index contributed by atoms with van der Waals surface area (Å²) >= 11 is 0. The highest BCUT2D eigenvalue weighted by atomic mass is 16.5. The Hall–Kier alpha value is -2.62. The summed E-state index contributed by atoms with van der Waals surface area (Å²) in [6, 6.07) is 12.1. The van der Waals surface area contributed by atoms with Crippen LogP contribution in [-0.4, -0.2) is 14.8 Å². The molecule has 4 rings (SSSR count). The largest absolute Gasteiger partial charge is 0.356 e. The van der Waals surface area contributed by atoms with Crippen LogP contribution in [0.1, 0.15) is 0 Å². The first-order chi connectivity index (χ1) is 8.92. The van der Waals surface area contributed by atoms with Crippen molar-refractivity contribution in [1.29, 1.82) is 0 Å². The number of aromatic nitrogens is 3. The summed E-state index contributed by atoms with van der Waals surface area (Å²) in [7, 11) is 0. The fourth-order valence-corrected chi connectivity index (χ4v) is 2.23. The van der Waals surface area contributed by atoms with Gasteiger partial charge < -0.3 is 4.52 Å². The molecule has 0 fully saturated rings. The minimum Gasteiger partial charge on any atom is -0.356 e. The van der Waals surface area contributed by atoms with Gasteiger partial charge in [-0.3, -0.25) is 0 Å². The molecule has 4 nitrogen and oxygen atoms in total. The highest BCUT2D eigenvalue weighted by Crippen LogP contribution is 2.28. The molecule has 0 bridgehead atoms. The standard InChI is InChI=1S/C14H9N3O/c1-2-12(13-9-16-18-14(13)3-1)10-5-7-17-11(8-10)4-6-15-17/h1-9H. The third-order valence-corrected chi connectivity index (χ3v) is 3.11. The van der Waals surface area contributed by atoms with Gasteiger partial charge in [0.2, 0.25) is 0 Å². The van der Waals surface area contributed by atoms with E-state index >= 15 is 0 Å². The van der Waals surface area contributed by atoms with Gasteiger partial charge in [0.05, 0.1) is 11.7 Å². The Morgan fingerprint density at radius 3 is 3.11 bits per heavy atom. The lowest BCUT2D eigenvalue weighted by atomic mass is 10.0. The molecule has 0 aliphatic rings. The second-order valence-corrected chi connectivity index (χ2v) is 4.16. The van der Waals surface area contributed by atoms with E-state index in [4.69, 9.17) is 4.52 Å². The first-order valence-electron chi connectivity index (χ1n) is 5.69. The zero-order valence-corrected chi connectivity index (χ0v) is 9.45. The topological polar surface area (TPSA) is 43.3 Å². The first kappa shape index (κ1) is 9.41. The molecule has 0 N–H and O–H groups in total. The summed E-state index contributed by atoms with van der Waals surface area (Å²) in [5.74, 6) is 0. The van der Waals surface area contributed by atoms with Crippen LogP contribution in [-0.2, 0) is 0 Å². The molecule has 0 spiro atoms. The zero-order valence-electron chi connectivity index (χ0n) is 9.45. The number of benzene rings is 1. The van der Waals surface area contributed by atoms with E-state index in [1.807, 2.05) is 35.0 Å². The number of fused-ring (bicyclic) bond motifs is 2. The Kier molecular flexibility index (Phi) is 1.80. The van der Waals surface area contributed by atoms with E-state index in [2.05, 4.69) is 22.4 Å². The average Bonchev–Trinajstić information content (AvgIpc) is 3.05. The number of nitrogens with zero attached hydrogens (tertiary/aromatic N) is 3. The monoisotopic (exact) mass is 235 g/mol. The maximum absolute atomic E-state index is 5.18. The molecule has 3 aromatic heterocycles. The van der Waals surface area contributed by atoms with Gasteiger partial charge in [-0.15, -0.1) is 0 Å². The van der Waals surface area contributed by atoms with Gasteiger partial charge in [-0.25, -0.2) is 4.52 Å². The van der Waals surface area contributed by atoms with Gasteiger partial charge >= 0.3 is 0 Å². The van der Waals surface area contributed by atoms with E-state index in [0.717, 1.165) is 27.6 Å². The lowest BCUT2D eigenvalue weighted by Gasteiger charge is -2.03. The maximum atomic E-state index is 5.18. The van der Waals surface area contributed by atoms with Crippen LogP contribution in [0.3, 0.4) is 0 Å². The van der Waals surface area contributed by atoms with Gasteiger partial charge in [0.25, 0.3) is 0 Å². The van der Waals surface area contributed by atoms with E-state index in [0.29, 0.717) is 0 Å². The highest BCUT2D eigenvalue weighted by Gasteiger charge is 2.07. The molecule has 86 valence electrons. The Balaban J connectivity index is 2.03. The minimum atomic E-state index is 0.806. The molecule has 0 amide bonds. The molecule has 0 unspecified atom stereocenters. The Labute approximate surface area is 102 Å². The molecular weight excluding hydrogens is 226 g/mol. The quantitative estimate of drug-likeness (QED) is 0.509. The number of hydrogen-bond acceptors (Lipinski definition) is 3. The van der Waals surface area contributed by atoms with Crippen molar-refractivity contribution in [3.05, 3.63) is 55.0 Å². The predicted octanol–water partition coefficient (Wildman–Crippen LogP) is 3.14. The van der Waals surface area contributed by atoms with Crippen LogP contribution in [0.5, 0.6) is 0 Å². The summed E-state index contributed by atoms with van der Waals surface area (Å²) < 4.78 is 7.03. The van der Waals surface area contributed by atoms with Crippen molar-refractivity contribution < 1.29 is 4.52 Å². The van der Waals surface area contributed by atoms with Crippen molar-refractivity contribution in [2.75, 3.05) is 0 Å². The smallest absolute Gasteiger partial charge is 0.167 e. The van der Waals surface area contributed by atoms with Crippen molar-refractivity contribution in [2.45, 2.75) is 0 Å². The average molecular weight is 235 g/mol. The molecule has 1 aromatic carbocycles. The SMILES string of the molecule is c1cc(-c2ccn3nccc3c2)c2cnoc2c1. The second kappa shape index (κ2) is 3.43. The Morgan fingerprint density at radius 1 is 1.11 bits per heavy atom. The molecule has 3 heterocycles. The normalized spacial score (nSPS) is 11.3. The number of hydrogen-bond donors (Lipinski definition) is 0. The summed E-state index contributed by atoms with van der Waals surface area (Å²) in [5, 5.41) is 9.07. The minimum absolute atomic E-state index is 0.806. The highest BCUT2D eigenvalue weighted by molar-refractivity contribution is 5.93. The van der Waals surface area contributed by atoms with Crippen LogP contribution in [0.2, 0.25) is 0 Å². The molecular formula is C14H9N3O. The second-order valence-electron chi connectivity index (χ2n) is 4.16. The van der Waals surface area contributed by atoms with Crippen LogP contribution >= 0.6 is 0 Å². The third-order valence-electron chi connectivity index (χ3n) is 3.11. The van der Waals surface area contributed by atoms with Crippen LogP contribution in [0.25, 0.3) is 27.6 Å². The molecule has 0 atom stereocenters. The molecule has 0 aliphatic carbocycles. The Morgan fingerprint density at radius 2 is 2.11 bits per heavy atom. The van der Waals surface area contributed by atoms with Crippen molar-refractivity contribution in [1.82, 2.24) is 14.8 Å². The maximum Gasteiger partial charge on any atom is 0.167 e. The van der Waals surface area contributed by atoms with Crippen LogP contribution in [0, 0.1) is 0 Å². The molecule has 0 saturated heterocycles. The first-order valence-corrected chi connectivity index (χ1v) is 5.69. The zero-order chi connectivity index (χ0) is 11.9. The fourth-order valence-electron chi connectivity index (χ4n) is 2.23. The van der Waals surface area contributed by atoms with Gasteiger partial charge in [-0.05, 0) is 35.4 Å². The molecule has 0 radical (unpaired) electrons. The van der Waals surface area contributed by atoms with Crippen molar-refractivity contribution >= 4 is 16.5 Å². The van der Waals surface area contributed by atoms with E-state index in [9.17, 15) is 0 Å². The van der Waals surface area contributed by atoms with Crippen molar-refractivity contribution in [2.24, 2.45) is 0 Å². The summed E-state index contributed by atoms with van der Waals surface area (Å²) in [5.41, 5.74) is 4.14. The molecule has 0 saturated carbocycles. The fraction of sp³-hybridized carbons (Fsp3) is 0. The molecule has 4 aromatic rings. The van der Waals surface area contributed by atoms with E-state index in [-0.39, 0.29) is 0 Å². The van der Waals surface area contributed by atoms with Crippen LogP contribution < -0.4 is 0 Å². The molecule has 18 heavy (non-hydrogen) atoms. The van der Waals surface area contributed by atoms with Gasteiger partial charge in [0.15, 0.2) is 5.58 Å². The van der Waals surface area contributed by atoms with Gasteiger partial charge in [0, 0.05) is 17.8 Å². The summed E-state index contributed by atoms with van der Waals surface area (Å²) in [4.78, 5) is 0. The van der Waals surface area contributed by atoms with Gasteiger partial charge in [-0.2, -0.15) is 5.10 Å². The lowest BCUT2D eigenvalue weighted by molar-refractivity contribution is 0.456. The van der Waals surface area contributed by atoms with Crippen molar-refractivity contribution in [3.63, 3.8) is 0 Å². The van der Waals surface area contributed by atoms with E-state index < -0.39 is 0 Å². The third kappa shape index (κ3) is 1.26. The molecule has 0 aliphatic heterocycles. The number of rotatable bonds is 1. The predicted molar refractivity (Wildman–Crippen MR) is 68.2 cm³/mol.